The monoisotopic (exact) mass is 295 g/mol. The summed E-state index contributed by atoms with van der Waals surface area (Å²) >= 11 is 3.37. The molecule has 2 heterocycles. The van der Waals surface area contributed by atoms with E-state index in [4.69, 9.17) is 0 Å². The van der Waals surface area contributed by atoms with E-state index >= 15 is 0 Å². The van der Waals surface area contributed by atoms with Gasteiger partial charge in [-0.2, -0.15) is 0 Å². The largest absolute Gasteiger partial charge is 0.294 e. The molecule has 90 valence electrons. The fourth-order valence-corrected chi connectivity index (χ4v) is 1.73. The van der Waals surface area contributed by atoms with E-state index in [1.807, 2.05) is 24.0 Å². The van der Waals surface area contributed by atoms with Gasteiger partial charge in [-0.05, 0) is 41.9 Å². The second-order valence-corrected chi connectivity index (χ2v) is 4.39. The Labute approximate surface area is 109 Å². The first-order chi connectivity index (χ1) is 8.24. The molecule has 0 fully saturated rings. The molecular weight excluding hydrogens is 282 g/mol. The Morgan fingerprint density at radius 1 is 1.29 bits per heavy atom. The topological polar surface area (TPSA) is 46.8 Å². The van der Waals surface area contributed by atoms with Gasteiger partial charge in [-0.3, -0.25) is 9.58 Å². The number of rotatable bonds is 4. The third kappa shape index (κ3) is 2.63. The van der Waals surface area contributed by atoms with Gasteiger partial charge in [-0.15, -0.1) is 5.10 Å². The zero-order chi connectivity index (χ0) is 12.3. The fourth-order valence-electron chi connectivity index (χ4n) is 1.49. The smallest absolute Gasteiger partial charge is 0.250 e. The molecule has 0 spiro atoms. The normalized spacial score (nSPS) is 10.5. The van der Waals surface area contributed by atoms with Crippen LogP contribution < -0.4 is 4.90 Å². The quantitative estimate of drug-likeness (QED) is 0.870. The van der Waals surface area contributed by atoms with E-state index in [0.717, 1.165) is 23.4 Å². The third-order valence-corrected chi connectivity index (χ3v) is 2.86. The lowest BCUT2D eigenvalue weighted by atomic mass is 10.4. The minimum absolute atomic E-state index is 0.684. The molecule has 0 saturated heterocycles. The van der Waals surface area contributed by atoms with Gasteiger partial charge in [-0.1, -0.05) is 0 Å². The number of hydrogen-bond acceptors (Lipinski definition) is 4. The van der Waals surface area contributed by atoms with Crippen LogP contribution >= 0.6 is 15.9 Å². The summed E-state index contributed by atoms with van der Waals surface area (Å²) < 4.78 is 2.76. The number of halogens is 1. The Balaban J connectivity index is 2.29. The predicted molar refractivity (Wildman–Crippen MR) is 70.3 cm³/mol. The van der Waals surface area contributed by atoms with Crippen molar-refractivity contribution in [3.63, 3.8) is 0 Å². The number of hydrogen-bond donors (Lipinski definition) is 0. The average molecular weight is 296 g/mol. The molecule has 0 N–H and O–H groups in total. The van der Waals surface area contributed by atoms with E-state index < -0.39 is 0 Å². The van der Waals surface area contributed by atoms with Crippen LogP contribution in [0.4, 0.5) is 11.8 Å². The molecule has 2 rings (SSSR count). The highest BCUT2D eigenvalue weighted by molar-refractivity contribution is 9.10. The van der Waals surface area contributed by atoms with E-state index in [2.05, 4.69) is 37.9 Å². The molecule has 0 bridgehead atoms. The molecule has 6 heteroatoms. The lowest BCUT2D eigenvalue weighted by molar-refractivity contribution is 0.656. The van der Waals surface area contributed by atoms with Crippen LogP contribution in [-0.2, 0) is 6.54 Å². The Kier molecular flexibility index (Phi) is 3.73. The summed E-state index contributed by atoms with van der Waals surface area (Å²) in [7, 11) is 0. The molecule has 0 amide bonds. The van der Waals surface area contributed by atoms with Gasteiger partial charge in [0, 0.05) is 23.8 Å². The Morgan fingerprint density at radius 3 is 2.65 bits per heavy atom. The number of nitrogens with zero attached hydrogens (tertiary/aromatic N) is 5. The van der Waals surface area contributed by atoms with Gasteiger partial charge >= 0.3 is 0 Å². The molecule has 5 nitrogen and oxygen atoms in total. The van der Waals surface area contributed by atoms with Crippen LogP contribution in [0.25, 0.3) is 0 Å². The summed E-state index contributed by atoms with van der Waals surface area (Å²) in [6, 6.07) is 3.90. The number of aryl methyl sites for hydroxylation is 1. The van der Waals surface area contributed by atoms with E-state index in [0.29, 0.717) is 5.95 Å². The van der Waals surface area contributed by atoms with Crippen molar-refractivity contribution in [2.24, 2.45) is 0 Å². The summed E-state index contributed by atoms with van der Waals surface area (Å²) in [4.78, 5) is 10.6. The summed E-state index contributed by atoms with van der Waals surface area (Å²) in [5.41, 5.74) is 0. The van der Waals surface area contributed by atoms with Crippen LogP contribution in [0.3, 0.4) is 0 Å². The number of anilines is 2. The van der Waals surface area contributed by atoms with Crippen LogP contribution in [0, 0.1) is 0 Å². The first kappa shape index (κ1) is 12.0. The highest BCUT2D eigenvalue weighted by atomic mass is 79.9. The molecule has 0 atom stereocenters. The van der Waals surface area contributed by atoms with Crippen LogP contribution in [-0.4, -0.2) is 26.3 Å². The summed E-state index contributed by atoms with van der Waals surface area (Å²) in [6.45, 7) is 5.68. The summed E-state index contributed by atoms with van der Waals surface area (Å²) in [6.07, 6.45) is 3.51. The molecule has 0 aliphatic carbocycles. The molecule has 0 unspecified atom stereocenters. The van der Waals surface area contributed by atoms with Crippen molar-refractivity contribution in [3.05, 3.63) is 29.1 Å². The lowest BCUT2D eigenvalue weighted by Crippen LogP contribution is -2.19. The Bertz CT molecular complexity index is 479. The zero-order valence-corrected chi connectivity index (χ0v) is 11.4. The predicted octanol–water partition coefficient (Wildman–Crippen LogP) is 2.61. The van der Waals surface area contributed by atoms with Crippen molar-refractivity contribution in [3.8, 4) is 0 Å². The average Bonchev–Trinajstić information content (AvgIpc) is 2.81. The molecule has 0 aromatic carbocycles. The molecule has 17 heavy (non-hydrogen) atoms. The number of pyridine rings is 1. The second-order valence-electron chi connectivity index (χ2n) is 3.48. The molecule has 0 radical (unpaired) electrons. The fraction of sp³-hybridized carbons (Fsp3) is 0.364. The van der Waals surface area contributed by atoms with Gasteiger partial charge in [0.2, 0.25) is 5.95 Å². The van der Waals surface area contributed by atoms with Gasteiger partial charge in [0.05, 0.1) is 0 Å². The van der Waals surface area contributed by atoms with E-state index in [9.17, 15) is 0 Å². The molecule has 0 aliphatic rings. The minimum atomic E-state index is 0.684. The maximum Gasteiger partial charge on any atom is 0.250 e. The molecule has 0 aliphatic heterocycles. The SMILES string of the molecule is CCN(c1ccc(Br)cn1)c1ncn(CC)n1. The maximum absolute atomic E-state index is 4.38. The third-order valence-electron chi connectivity index (χ3n) is 2.39. The van der Waals surface area contributed by atoms with Crippen molar-refractivity contribution in [2.75, 3.05) is 11.4 Å². The highest BCUT2D eigenvalue weighted by Gasteiger charge is 2.12. The van der Waals surface area contributed by atoms with Gasteiger partial charge < -0.3 is 0 Å². The van der Waals surface area contributed by atoms with Crippen LogP contribution in [0.1, 0.15) is 13.8 Å². The zero-order valence-electron chi connectivity index (χ0n) is 9.84. The van der Waals surface area contributed by atoms with Crippen molar-refractivity contribution in [2.45, 2.75) is 20.4 Å². The molecule has 2 aromatic rings. The molecule has 2 aromatic heterocycles. The lowest BCUT2D eigenvalue weighted by Gasteiger charge is -2.17. The standard InChI is InChI=1S/C11H14BrN5/c1-3-16-8-14-11(15-16)17(4-2)10-6-5-9(12)7-13-10/h5-8H,3-4H2,1-2H3. The molecule has 0 saturated carbocycles. The minimum Gasteiger partial charge on any atom is -0.294 e. The van der Waals surface area contributed by atoms with Gasteiger partial charge in [0.25, 0.3) is 0 Å². The molecular formula is C11H14BrN5. The van der Waals surface area contributed by atoms with E-state index in [-0.39, 0.29) is 0 Å². The summed E-state index contributed by atoms with van der Waals surface area (Å²) in [5.74, 6) is 1.54. The van der Waals surface area contributed by atoms with Gasteiger partial charge in [0.15, 0.2) is 0 Å². The Morgan fingerprint density at radius 2 is 2.12 bits per heavy atom. The van der Waals surface area contributed by atoms with Crippen molar-refractivity contribution >= 4 is 27.7 Å². The van der Waals surface area contributed by atoms with Gasteiger partial charge in [-0.25, -0.2) is 9.97 Å². The van der Waals surface area contributed by atoms with Crippen LogP contribution in [0.5, 0.6) is 0 Å². The van der Waals surface area contributed by atoms with E-state index in [1.165, 1.54) is 0 Å². The van der Waals surface area contributed by atoms with Crippen LogP contribution in [0.15, 0.2) is 29.1 Å². The van der Waals surface area contributed by atoms with Gasteiger partial charge in [0.1, 0.15) is 12.1 Å². The van der Waals surface area contributed by atoms with E-state index in [1.54, 1.807) is 17.2 Å². The van der Waals surface area contributed by atoms with Crippen molar-refractivity contribution < 1.29 is 0 Å². The second kappa shape index (κ2) is 5.27. The van der Waals surface area contributed by atoms with Crippen LogP contribution in [0.2, 0.25) is 0 Å². The first-order valence-electron chi connectivity index (χ1n) is 5.53. The van der Waals surface area contributed by atoms with Crippen molar-refractivity contribution in [1.82, 2.24) is 19.7 Å². The Hall–Kier alpha value is -1.43. The van der Waals surface area contributed by atoms with Crippen molar-refractivity contribution in [1.29, 1.82) is 0 Å². The highest BCUT2D eigenvalue weighted by Crippen LogP contribution is 2.20. The first-order valence-corrected chi connectivity index (χ1v) is 6.32. The summed E-state index contributed by atoms with van der Waals surface area (Å²) in [5, 5.41) is 4.38. The maximum atomic E-state index is 4.38. The number of aromatic nitrogens is 4.